The van der Waals surface area contributed by atoms with Gasteiger partial charge in [0.05, 0.1) is 17.4 Å². The van der Waals surface area contributed by atoms with E-state index in [1.807, 2.05) is 39.8 Å². The van der Waals surface area contributed by atoms with Crippen LogP contribution in [-0.2, 0) is 19.1 Å². The lowest BCUT2D eigenvalue weighted by Gasteiger charge is -2.35. The zero-order chi connectivity index (χ0) is 22.2. The summed E-state index contributed by atoms with van der Waals surface area (Å²) in [6, 6.07) is -0.503. The van der Waals surface area contributed by atoms with Gasteiger partial charge in [0, 0.05) is 17.6 Å². The number of nitrogens with one attached hydrogen (secondary N) is 2. The second-order valence-electron chi connectivity index (χ2n) is 11.4. The largest absolute Gasteiger partial charge is 0.356 e. The molecule has 2 aliphatic carbocycles. The number of carbonyl (C=O) groups excluding carboxylic acids is 3. The molecule has 2 N–H and O–H groups in total. The standard InChI is InChI=1S/C24H35N3O4/c1-22(2,3)26-20(29)18-24-13-12-23(4,31-24)16(17(24)21(30)27(18)15-10-11-15)19(28)25-14-8-6-5-7-9-14/h12-18H,5-11H2,1-4H3,(H,25,28)(H,26,29)/t16-,17+,18+,23-,24+/m1/s1. The monoisotopic (exact) mass is 429 g/mol. The molecule has 7 heteroatoms. The molecule has 0 unspecified atom stereocenters. The Morgan fingerprint density at radius 3 is 2.35 bits per heavy atom. The minimum absolute atomic E-state index is 0.0640. The van der Waals surface area contributed by atoms with Crippen molar-refractivity contribution in [3.05, 3.63) is 12.2 Å². The van der Waals surface area contributed by atoms with E-state index < -0.39 is 34.6 Å². The maximum atomic E-state index is 13.7. The second kappa shape index (κ2) is 6.80. The molecule has 0 aromatic rings. The third-order valence-electron chi connectivity index (χ3n) is 7.66. The molecular formula is C24H35N3O4. The molecule has 2 saturated carbocycles. The molecule has 5 atom stereocenters. The molecule has 170 valence electrons. The average molecular weight is 430 g/mol. The van der Waals surface area contributed by atoms with Gasteiger partial charge in [-0.05, 0) is 53.4 Å². The van der Waals surface area contributed by atoms with Crippen LogP contribution in [0.2, 0.25) is 0 Å². The van der Waals surface area contributed by atoms with Crippen molar-refractivity contribution in [1.82, 2.24) is 15.5 Å². The molecule has 0 aromatic heterocycles. The van der Waals surface area contributed by atoms with Crippen molar-refractivity contribution in [2.24, 2.45) is 11.8 Å². The molecule has 1 spiro atoms. The van der Waals surface area contributed by atoms with Gasteiger partial charge < -0.3 is 20.3 Å². The highest BCUT2D eigenvalue weighted by Crippen LogP contribution is 2.61. The van der Waals surface area contributed by atoms with E-state index in [9.17, 15) is 14.4 Å². The predicted molar refractivity (Wildman–Crippen MR) is 115 cm³/mol. The lowest BCUT2D eigenvalue weighted by atomic mass is 9.70. The molecule has 7 nitrogen and oxygen atoms in total. The van der Waals surface area contributed by atoms with Crippen LogP contribution < -0.4 is 10.6 Å². The highest BCUT2D eigenvalue weighted by Gasteiger charge is 2.77. The first-order valence-electron chi connectivity index (χ1n) is 11.9. The van der Waals surface area contributed by atoms with Crippen LogP contribution in [0.5, 0.6) is 0 Å². The Morgan fingerprint density at radius 1 is 1.06 bits per heavy atom. The van der Waals surface area contributed by atoms with Gasteiger partial charge >= 0.3 is 0 Å². The van der Waals surface area contributed by atoms with Gasteiger partial charge in [0.1, 0.15) is 11.6 Å². The molecule has 2 saturated heterocycles. The number of hydrogen-bond donors (Lipinski definition) is 2. The Kier molecular flexibility index (Phi) is 4.60. The molecule has 3 aliphatic heterocycles. The molecule has 3 heterocycles. The Labute approximate surface area is 184 Å². The fourth-order valence-electron chi connectivity index (χ4n) is 6.29. The zero-order valence-corrected chi connectivity index (χ0v) is 19.1. The number of carbonyl (C=O) groups is 3. The summed E-state index contributed by atoms with van der Waals surface area (Å²) in [5, 5.41) is 6.28. The van der Waals surface area contributed by atoms with Crippen LogP contribution in [0.15, 0.2) is 12.2 Å². The van der Waals surface area contributed by atoms with Gasteiger partial charge in [-0.1, -0.05) is 31.4 Å². The zero-order valence-electron chi connectivity index (χ0n) is 19.1. The van der Waals surface area contributed by atoms with E-state index in [0.717, 1.165) is 38.5 Å². The fourth-order valence-corrected chi connectivity index (χ4v) is 6.29. The minimum atomic E-state index is -1.07. The quantitative estimate of drug-likeness (QED) is 0.670. The molecule has 5 aliphatic rings. The van der Waals surface area contributed by atoms with Crippen LogP contribution in [0.1, 0.15) is 72.6 Å². The molecule has 31 heavy (non-hydrogen) atoms. The number of fused-ring (bicyclic) bond motifs is 1. The van der Waals surface area contributed by atoms with Gasteiger partial charge in [-0.25, -0.2) is 0 Å². The normalized spacial score (nSPS) is 39.7. The van der Waals surface area contributed by atoms with Crippen LogP contribution in [0, 0.1) is 11.8 Å². The van der Waals surface area contributed by atoms with Crippen molar-refractivity contribution < 1.29 is 19.1 Å². The lowest BCUT2D eigenvalue weighted by Crippen LogP contribution is -2.58. The molecule has 0 radical (unpaired) electrons. The number of hydrogen-bond acceptors (Lipinski definition) is 4. The fraction of sp³-hybridized carbons (Fsp3) is 0.792. The Morgan fingerprint density at radius 2 is 1.74 bits per heavy atom. The highest BCUT2D eigenvalue weighted by atomic mass is 16.5. The van der Waals surface area contributed by atoms with Crippen molar-refractivity contribution in [1.29, 1.82) is 0 Å². The first-order chi connectivity index (χ1) is 14.6. The summed E-state index contributed by atoms with van der Waals surface area (Å²) >= 11 is 0. The van der Waals surface area contributed by atoms with Crippen molar-refractivity contribution >= 4 is 17.7 Å². The van der Waals surface area contributed by atoms with Gasteiger partial charge in [-0.15, -0.1) is 0 Å². The van der Waals surface area contributed by atoms with Gasteiger partial charge in [0.15, 0.2) is 0 Å². The Bertz CT molecular complexity index is 838. The number of likely N-dealkylation sites (tertiary alicyclic amines) is 1. The van der Waals surface area contributed by atoms with E-state index in [2.05, 4.69) is 10.6 Å². The maximum Gasteiger partial charge on any atom is 0.246 e. The van der Waals surface area contributed by atoms with Crippen molar-refractivity contribution in [2.75, 3.05) is 0 Å². The molecule has 0 aromatic carbocycles. The number of rotatable bonds is 4. The summed E-state index contributed by atoms with van der Waals surface area (Å²) in [5.74, 6) is -1.67. The topological polar surface area (TPSA) is 87.7 Å². The summed E-state index contributed by atoms with van der Waals surface area (Å²) in [4.78, 5) is 42.4. The van der Waals surface area contributed by atoms with Gasteiger partial charge in [-0.2, -0.15) is 0 Å². The van der Waals surface area contributed by atoms with Crippen molar-refractivity contribution in [3.8, 4) is 0 Å². The number of ether oxygens (including phenoxy) is 1. The van der Waals surface area contributed by atoms with E-state index in [4.69, 9.17) is 4.74 Å². The van der Waals surface area contributed by atoms with Crippen molar-refractivity contribution in [2.45, 2.75) is 108 Å². The summed E-state index contributed by atoms with van der Waals surface area (Å²) in [7, 11) is 0. The van der Waals surface area contributed by atoms with E-state index in [0.29, 0.717) is 0 Å². The van der Waals surface area contributed by atoms with Crippen molar-refractivity contribution in [3.63, 3.8) is 0 Å². The van der Waals surface area contributed by atoms with Gasteiger partial charge in [0.2, 0.25) is 17.7 Å². The van der Waals surface area contributed by atoms with E-state index in [-0.39, 0.29) is 29.8 Å². The van der Waals surface area contributed by atoms with E-state index in [1.165, 1.54) is 6.42 Å². The molecular weight excluding hydrogens is 394 g/mol. The lowest BCUT2D eigenvalue weighted by molar-refractivity contribution is -0.146. The summed E-state index contributed by atoms with van der Waals surface area (Å²) < 4.78 is 6.53. The van der Waals surface area contributed by atoms with Crippen LogP contribution in [0.25, 0.3) is 0 Å². The number of amides is 3. The Hall–Kier alpha value is -1.89. The second-order valence-corrected chi connectivity index (χ2v) is 11.4. The van der Waals surface area contributed by atoms with Crippen LogP contribution in [-0.4, -0.2) is 57.5 Å². The first kappa shape index (κ1) is 21.0. The molecule has 2 bridgehead atoms. The van der Waals surface area contributed by atoms with E-state index >= 15 is 0 Å². The molecule has 5 rings (SSSR count). The minimum Gasteiger partial charge on any atom is -0.356 e. The molecule has 4 fully saturated rings. The first-order valence-corrected chi connectivity index (χ1v) is 11.9. The smallest absolute Gasteiger partial charge is 0.246 e. The SMILES string of the molecule is CC(C)(C)NC(=O)[C@@H]1N(C2CC2)C(=O)[C@@H]2[C@H](C(=O)NC3CCCCC3)[C@@]3(C)C=C[C@]21O3. The van der Waals surface area contributed by atoms with Crippen LogP contribution >= 0.6 is 0 Å². The van der Waals surface area contributed by atoms with Gasteiger partial charge in [-0.3, -0.25) is 14.4 Å². The maximum absolute atomic E-state index is 13.7. The van der Waals surface area contributed by atoms with Gasteiger partial charge in [0.25, 0.3) is 0 Å². The predicted octanol–water partition coefficient (Wildman–Crippen LogP) is 2.05. The summed E-state index contributed by atoms with van der Waals surface area (Å²) in [5.41, 5.74) is -2.36. The molecule has 3 amide bonds. The van der Waals surface area contributed by atoms with E-state index in [1.54, 1.807) is 4.90 Å². The number of nitrogens with zero attached hydrogens (tertiary/aromatic N) is 1. The summed E-state index contributed by atoms with van der Waals surface area (Å²) in [6.07, 6.45) is 11.0. The summed E-state index contributed by atoms with van der Waals surface area (Å²) in [6.45, 7) is 7.68. The Balaban J connectivity index is 1.48. The van der Waals surface area contributed by atoms with Crippen LogP contribution in [0.4, 0.5) is 0 Å². The average Bonchev–Trinajstić information content (AvgIpc) is 3.34. The highest BCUT2D eigenvalue weighted by molar-refractivity contribution is 6.00. The van der Waals surface area contributed by atoms with Crippen LogP contribution in [0.3, 0.4) is 0 Å². The third kappa shape index (κ3) is 3.22. The third-order valence-corrected chi connectivity index (χ3v) is 7.66.